The van der Waals surface area contributed by atoms with E-state index in [0.29, 0.717) is 0 Å². The van der Waals surface area contributed by atoms with Gasteiger partial charge >= 0.3 is 0 Å². The highest BCUT2D eigenvalue weighted by atomic mass is 35.5. The Labute approximate surface area is 81.7 Å². The fourth-order valence-electron chi connectivity index (χ4n) is 1.77. The second kappa shape index (κ2) is 2.52. The van der Waals surface area contributed by atoms with E-state index in [1.807, 2.05) is 6.20 Å². The molecular weight excluding hydrogens is 182 g/mol. The Morgan fingerprint density at radius 1 is 1.31 bits per heavy atom. The van der Waals surface area contributed by atoms with Crippen LogP contribution < -0.4 is 0 Å². The van der Waals surface area contributed by atoms with E-state index in [2.05, 4.69) is 23.2 Å². The summed E-state index contributed by atoms with van der Waals surface area (Å²) in [7, 11) is 0. The molecule has 0 amide bonds. The second-order valence-corrected chi connectivity index (χ2v) is 4.12. The predicted octanol–water partition coefficient (Wildman–Crippen LogP) is 3.70. The zero-order valence-corrected chi connectivity index (χ0v) is 7.93. The molecule has 1 aliphatic carbocycles. The molecule has 2 heteroatoms. The van der Waals surface area contributed by atoms with Crippen molar-refractivity contribution in [2.24, 2.45) is 0 Å². The highest BCUT2D eigenvalue weighted by Gasteiger charge is 2.23. The maximum atomic E-state index is 6.04. The number of rotatable bonds is 1. The molecule has 1 aromatic carbocycles. The van der Waals surface area contributed by atoms with Crippen LogP contribution in [0.4, 0.5) is 0 Å². The normalized spacial score (nSPS) is 16.7. The van der Waals surface area contributed by atoms with Gasteiger partial charge in [-0.05, 0) is 36.5 Å². The summed E-state index contributed by atoms with van der Waals surface area (Å²) in [6.45, 7) is 0. The minimum absolute atomic E-state index is 0.801. The minimum atomic E-state index is 0.801. The first-order valence-corrected chi connectivity index (χ1v) is 4.99. The highest BCUT2D eigenvalue weighted by molar-refractivity contribution is 6.35. The maximum absolute atomic E-state index is 6.04. The summed E-state index contributed by atoms with van der Waals surface area (Å²) in [6, 6.07) is 6.54. The number of hydrogen-bond acceptors (Lipinski definition) is 0. The molecular formula is C11H10ClN. The van der Waals surface area contributed by atoms with Gasteiger partial charge in [0, 0.05) is 17.1 Å². The van der Waals surface area contributed by atoms with Gasteiger partial charge in [0.1, 0.15) is 0 Å². The van der Waals surface area contributed by atoms with Gasteiger partial charge in [0.25, 0.3) is 0 Å². The fraction of sp³-hybridized carbons (Fsp3) is 0.273. The molecule has 1 aliphatic rings. The summed E-state index contributed by atoms with van der Waals surface area (Å²) in [4.78, 5) is 3.14. The van der Waals surface area contributed by atoms with Gasteiger partial charge in [-0.3, -0.25) is 0 Å². The predicted molar refractivity (Wildman–Crippen MR) is 55.3 cm³/mol. The Morgan fingerprint density at radius 3 is 2.92 bits per heavy atom. The zero-order chi connectivity index (χ0) is 8.84. The highest BCUT2D eigenvalue weighted by Crippen LogP contribution is 2.41. The van der Waals surface area contributed by atoms with E-state index in [1.165, 1.54) is 18.4 Å². The van der Waals surface area contributed by atoms with Crippen molar-refractivity contribution >= 4 is 22.5 Å². The first-order valence-electron chi connectivity index (χ1n) is 4.61. The van der Waals surface area contributed by atoms with Gasteiger partial charge in [-0.15, -0.1) is 0 Å². The van der Waals surface area contributed by atoms with Crippen LogP contribution in [0.5, 0.6) is 0 Å². The van der Waals surface area contributed by atoms with E-state index in [4.69, 9.17) is 11.6 Å². The number of aromatic nitrogens is 1. The Kier molecular flexibility index (Phi) is 1.44. The van der Waals surface area contributed by atoms with E-state index in [1.54, 1.807) is 0 Å². The van der Waals surface area contributed by atoms with Gasteiger partial charge in [-0.2, -0.15) is 0 Å². The lowest BCUT2D eigenvalue weighted by molar-refractivity contribution is 1.14. The third-order valence-corrected chi connectivity index (χ3v) is 3.02. The van der Waals surface area contributed by atoms with Gasteiger partial charge < -0.3 is 4.98 Å². The minimum Gasteiger partial charge on any atom is -0.360 e. The quantitative estimate of drug-likeness (QED) is 0.708. The molecule has 2 aromatic rings. The van der Waals surface area contributed by atoms with Crippen molar-refractivity contribution in [2.75, 3.05) is 0 Å². The molecule has 3 rings (SSSR count). The average Bonchev–Trinajstić information content (AvgIpc) is 2.93. The molecule has 66 valence electrons. The molecule has 1 heterocycles. The molecule has 0 bridgehead atoms. The van der Waals surface area contributed by atoms with Crippen LogP contribution in [0.15, 0.2) is 24.4 Å². The molecule has 0 aliphatic heterocycles. The van der Waals surface area contributed by atoms with E-state index >= 15 is 0 Å². The van der Waals surface area contributed by atoms with Crippen LogP contribution in [-0.2, 0) is 0 Å². The monoisotopic (exact) mass is 191 g/mol. The van der Waals surface area contributed by atoms with E-state index < -0.39 is 0 Å². The molecule has 13 heavy (non-hydrogen) atoms. The molecule has 1 aromatic heterocycles. The molecule has 0 radical (unpaired) electrons. The van der Waals surface area contributed by atoms with Crippen molar-refractivity contribution in [1.82, 2.24) is 4.98 Å². The van der Waals surface area contributed by atoms with Crippen molar-refractivity contribution in [2.45, 2.75) is 18.8 Å². The molecule has 1 fully saturated rings. The number of hydrogen-bond donors (Lipinski definition) is 1. The first kappa shape index (κ1) is 7.45. The van der Waals surface area contributed by atoms with Crippen molar-refractivity contribution in [3.8, 4) is 0 Å². The fourth-order valence-corrected chi connectivity index (χ4v) is 1.99. The SMILES string of the molecule is Clc1c[nH]c2ccc(C3CC3)cc12. The summed E-state index contributed by atoms with van der Waals surface area (Å²) < 4.78 is 0. The number of halogens is 1. The summed E-state index contributed by atoms with van der Waals surface area (Å²) in [5.74, 6) is 0.801. The van der Waals surface area contributed by atoms with Crippen LogP contribution in [0.1, 0.15) is 24.3 Å². The maximum Gasteiger partial charge on any atom is 0.0659 e. The number of nitrogens with one attached hydrogen (secondary N) is 1. The summed E-state index contributed by atoms with van der Waals surface area (Å²) in [6.07, 6.45) is 4.53. The second-order valence-electron chi connectivity index (χ2n) is 3.72. The summed E-state index contributed by atoms with van der Waals surface area (Å²) in [5.41, 5.74) is 2.57. The van der Waals surface area contributed by atoms with Crippen LogP contribution >= 0.6 is 11.6 Å². The van der Waals surface area contributed by atoms with Gasteiger partial charge in [-0.25, -0.2) is 0 Å². The van der Waals surface area contributed by atoms with Crippen LogP contribution in [0.2, 0.25) is 5.02 Å². The Hall–Kier alpha value is -0.950. The molecule has 0 saturated heterocycles. The topological polar surface area (TPSA) is 15.8 Å². The van der Waals surface area contributed by atoms with E-state index in [9.17, 15) is 0 Å². The lowest BCUT2D eigenvalue weighted by atomic mass is 10.1. The van der Waals surface area contributed by atoms with Crippen LogP contribution in [0, 0.1) is 0 Å². The van der Waals surface area contributed by atoms with Gasteiger partial charge in [0.2, 0.25) is 0 Å². The molecule has 1 N–H and O–H groups in total. The Morgan fingerprint density at radius 2 is 2.15 bits per heavy atom. The van der Waals surface area contributed by atoms with Crippen molar-refractivity contribution < 1.29 is 0 Å². The molecule has 0 atom stereocenters. The first-order chi connectivity index (χ1) is 6.34. The van der Waals surface area contributed by atoms with Crippen LogP contribution in [0.25, 0.3) is 10.9 Å². The lowest BCUT2D eigenvalue weighted by Crippen LogP contribution is -1.77. The van der Waals surface area contributed by atoms with Gasteiger partial charge in [-0.1, -0.05) is 17.7 Å². The number of H-pyrrole nitrogens is 1. The number of benzene rings is 1. The van der Waals surface area contributed by atoms with Gasteiger partial charge in [0.05, 0.1) is 5.02 Å². The zero-order valence-electron chi connectivity index (χ0n) is 7.18. The third-order valence-electron chi connectivity index (χ3n) is 2.70. The molecule has 1 nitrogen and oxygen atoms in total. The summed E-state index contributed by atoms with van der Waals surface area (Å²) in [5, 5.41) is 1.99. The third kappa shape index (κ3) is 1.15. The molecule has 0 spiro atoms. The van der Waals surface area contributed by atoms with Crippen molar-refractivity contribution in [1.29, 1.82) is 0 Å². The largest absolute Gasteiger partial charge is 0.360 e. The number of fused-ring (bicyclic) bond motifs is 1. The lowest BCUT2D eigenvalue weighted by Gasteiger charge is -1.97. The van der Waals surface area contributed by atoms with Crippen molar-refractivity contribution in [3.05, 3.63) is 35.0 Å². The van der Waals surface area contributed by atoms with Crippen LogP contribution in [0.3, 0.4) is 0 Å². The molecule has 0 unspecified atom stereocenters. The van der Waals surface area contributed by atoms with E-state index in [-0.39, 0.29) is 0 Å². The van der Waals surface area contributed by atoms with Crippen molar-refractivity contribution in [3.63, 3.8) is 0 Å². The molecule has 1 saturated carbocycles. The van der Waals surface area contributed by atoms with Crippen LogP contribution in [-0.4, -0.2) is 4.98 Å². The average molecular weight is 192 g/mol. The number of aromatic amines is 1. The smallest absolute Gasteiger partial charge is 0.0659 e. The Balaban J connectivity index is 2.24. The summed E-state index contributed by atoms with van der Waals surface area (Å²) >= 11 is 6.04. The standard InChI is InChI=1S/C11H10ClN/c12-10-6-13-11-4-3-8(5-9(10)11)7-1-2-7/h3-7,13H,1-2H2. The Bertz CT molecular complexity index is 454. The van der Waals surface area contributed by atoms with E-state index in [0.717, 1.165) is 21.8 Å². The van der Waals surface area contributed by atoms with Gasteiger partial charge in [0.15, 0.2) is 0 Å².